The van der Waals surface area contributed by atoms with E-state index in [2.05, 4.69) is 25.7 Å². The van der Waals surface area contributed by atoms with Gasteiger partial charge in [-0.15, -0.1) is 0 Å². The van der Waals surface area contributed by atoms with Crippen LogP contribution in [0.15, 0.2) is 12.7 Å². The van der Waals surface area contributed by atoms with Crippen molar-refractivity contribution < 1.29 is 14.3 Å². The molecule has 0 heterocycles. The number of hydrogen-bond donors (Lipinski definition) is 1. The molecule has 24 heavy (non-hydrogen) atoms. The molecule has 4 aliphatic rings. The predicted molar refractivity (Wildman–Crippen MR) is 93.2 cm³/mol. The number of rotatable bonds is 7. The molecule has 4 aliphatic carbocycles. The number of nitrogens with one attached hydrogen (secondary N) is 1. The molecule has 4 bridgehead atoms. The van der Waals surface area contributed by atoms with Crippen molar-refractivity contribution in [3.8, 4) is 0 Å². The lowest BCUT2D eigenvalue weighted by atomic mass is 9.44. The highest BCUT2D eigenvalue weighted by atomic mass is 16.6. The summed E-state index contributed by atoms with van der Waals surface area (Å²) in [7, 11) is 0. The van der Waals surface area contributed by atoms with Gasteiger partial charge in [0, 0.05) is 0 Å². The fraction of sp³-hybridized carbons (Fsp3) is 0.800. The summed E-state index contributed by atoms with van der Waals surface area (Å²) in [6.45, 7) is 7.97. The Bertz CT molecular complexity index is 511. The van der Waals surface area contributed by atoms with Crippen molar-refractivity contribution in [3.05, 3.63) is 12.7 Å². The first-order chi connectivity index (χ1) is 11.4. The molecule has 1 N–H and O–H groups in total. The van der Waals surface area contributed by atoms with Gasteiger partial charge in [-0.05, 0) is 74.2 Å². The Morgan fingerprint density at radius 1 is 1.25 bits per heavy atom. The summed E-state index contributed by atoms with van der Waals surface area (Å²) in [5.74, 6) is 1.20. The maximum Gasteiger partial charge on any atom is 0.325 e. The van der Waals surface area contributed by atoms with E-state index in [0.29, 0.717) is 17.3 Å². The lowest BCUT2D eigenvalue weighted by molar-refractivity contribution is -0.225. The van der Waals surface area contributed by atoms with Crippen LogP contribution in [0.25, 0.3) is 0 Å². The first kappa shape index (κ1) is 17.5. The molecule has 2 atom stereocenters. The number of carbonyl (C=O) groups excluding carboxylic acids is 2. The molecular weight excluding hydrogens is 302 g/mol. The molecule has 0 aromatic heterocycles. The van der Waals surface area contributed by atoms with Crippen molar-refractivity contribution in [1.82, 2.24) is 5.32 Å². The van der Waals surface area contributed by atoms with Gasteiger partial charge in [0.15, 0.2) is 0 Å². The summed E-state index contributed by atoms with van der Waals surface area (Å²) >= 11 is 0. The van der Waals surface area contributed by atoms with Gasteiger partial charge in [-0.2, -0.15) is 0 Å². The van der Waals surface area contributed by atoms with Crippen LogP contribution in [0.2, 0.25) is 0 Å². The normalized spacial score (nSPS) is 39.5. The summed E-state index contributed by atoms with van der Waals surface area (Å²) in [5.41, 5.74) is 0.165. The second kappa shape index (κ2) is 6.53. The van der Waals surface area contributed by atoms with Crippen LogP contribution in [0.1, 0.15) is 65.2 Å². The van der Waals surface area contributed by atoms with Gasteiger partial charge < -0.3 is 10.1 Å². The molecule has 134 valence electrons. The Balaban J connectivity index is 1.75. The number of esters is 1. The molecule has 4 rings (SSSR count). The summed E-state index contributed by atoms with van der Waals surface area (Å²) in [6, 6.07) is 0. The third-order valence-corrected chi connectivity index (χ3v) is 6.69. The number of carbonyl (C=O) groups is 2. The van der Waals surface area contributed by atoms with Gasteiger partial charge in [-0.25, -0.2) is 0 Å². The highest BCUT2D eigenvalue weighted by Gasteiger charge is 2.62. The maximum absolute atomic E-state index is 12.4. The Labute approximate surface area is 145 Å². The maximum atomic E-state index is 12.4. The van der Waals surface area contributed by atoms with Gasteiger partial charge in [0.1, 0.15) is 12.1 Å². The van der Waals surface area contributed by atoms with Crippen LogP contribution >= 0.6 is 0 Å². The van der Waals surface area contributed by atoms with Gasteiger partial charge >= 0.3 is 5.97 Å². The summed E-state index contributed by atoms with van der Waals surface area (Å²) in [4.78, 5) is 23.7. The molecule has 0 aliphatic heterocycles. The van der Waals surface area contributed by atoms with Crippen LogP contribution in [0.3, 0.4) is 0 Å². The van der Waals surface area contributed by atoms with Crippen molar-refractivity contribution in [2.45, 2.75) is 70.8 Å². The van der Waals surface area contributed by atoms with Gasteiger partial charge in [0.25, 0.3) is 0 Å². The van der Waals surface area contributed by atoms with Crippen molar-refractivity contribution in [2.75, 3.05) is 6.54 Å². The zero-order chi connectivity index (χ0) is 17.4. The van der Waals surface area contributed by atoms with E-state index in [1.54, 1.807) is 0 Å². The SMILES string of the molecule is C=CC(=O)NCC(=O)OC1(CCCC)C2CC3CC1CC(C)(C3)C2. The molecule has 0 aromatic carbocycles. The largest absolute Gasteiger partial charge is 0.457 e. The number of unbranched alkanes of at least 4 members (excludes halogenated alkanes) is 1. The Morgan fingerprint density at radius 3 is 2.46 bits per heavy atom. The molecule has 0 saturated heterocycles. The van der Waals surface area contributed by atoms with E-state index < -0.39 is 0 Å². The molecule has 1 amide bonds. The second-order valence-corrected chi connectivity index (χ2v) is 8.61. The third kappa shape index (κ3) is 3.12. The minimum absolute atomic E-state index is 0.0567. The quantitative estimate of drug-likeness (QED) is 0.572. The van der Waals surface area contributed by atoms with Gasteiger partial charge in [-0.1, -0.05) is 26.8 Å². The zero-order valence-electron chi connectivity index (χ0n) is 15.1. The van der Waals surface area contributed by atoms with Gasteiger partial charge in [0.05, 0.1) is 0 Å². The van der Waals surface area contributed by atoms with E-state index in [4.69, 9.17) is 4.74 Å². The average molecular weight is 333 g/mol. The van der Waals surface area contributed by atoms with E-state index in [-0.39, 0.29) is 24.0 Å². The molecule has 0 spiro atoms. The standard InChI is InChI=1S/C20H31NO3/c1-4-6-7-20(24-18(23)13-21-17(22)5-2)15-8-14-9-16(20)12-19(3,10-14)11-15/h5,14-16H,2,4,6-13H2,1,3H3,(H,21,22). The van der Waals surface area contributed by atoms with Crippen LogP contribution < -0.4 is 5.32 Å². The van der Waals surface area contributed by atoms with Crippen LogP contribution in [0, 0.1) is 23.2 Å². The average Bonchev–Trinajstić information content (AvgIpc) is 2.53. The molecule has 0 radical (unpaired) electrons. The first-order valence-corrected chi connectivity index (χ1v) is 9.53. The molecule has 2 unspecified atom stereocenters. The summed E-state index contributed by atoms with van der Waals surface area (Å²) in [5, 5.41) is 2.55. The number of hydrogen-bond acceptors (Lipinski definition) is 3. The van der Waals surface area contributed by atoms with Crippen molar-refractivity contribution in [2.24, 2.45) is 23.2 Å². The molecule has 0 aromatic rings. The molecule has 4 nitrogen and oxygen atoms in total. The highest BCUT2D eigenvalue weighted by Crippen LogP contribution is 2.65. The lowest BCUT2D eigenvalue weighted by Gasteiger charge is -2.64. The molecule has 4 fully saturated rings. The Morgan fingerprint density at radius 2 is 1.92 bits per heavy atom. The smallest absolute Gasteiger partial charge is 0.325 e. The number of amides is 1. The highest BCUT2D eigenvalue weighted by molar-refractivity contribution is 5.89. The zero-order valence-corrected chi connectivity index (χ0v) is 15.1. The van der Waals surface area contributed by atoms with Crippen molar-refractivity contribution >= 4 is 11.9 Å². The third-order valence-electron chi connectivity index (χ3n) is 6.69. The second-order valence-electron chi connectivity index (χ2n) is 8.61. The van der Waals surface area contributed by atoms with Crippen molar-refractivity contribution in [3.63, 3.8) is 0 Å². The van der Waals surface area contributed by atoms with E-state index >= 15 is 0 Å². The monoisotopic (exact) mass is 333 g/mol. The van der Waals surface area contributed by atoms with E-state index in [0.717, 1.165) is 25.2 Å². The summed E-state index contributed by atoms with van der Waals surface area (Å²) < 4.78 is 6.17. The topological polar surface area (TPSA) is 55.4 Å². The van der Waals surface area contributed by atoms with Crippen LogP contribution in [0.4, 0.5) is 0 Å². The minimum atomic E-state index is -0.327. The Hall–Kier alpha value is -1.32. The van der Waals surface area contributed by atoms with Crippen LogP contribution in [0.5, 0.6) is 0 Å². The van der Waals surface area contributed by atoms with Gasteiger partial charge in [0.2, 0.25) is 5.91 Å². The van der Waals surface area contributed by atoms with E-state index in [1.165, 1.54) is 38.2 Å². The Kier molecular flexibility index (Phi) is 4.76. The summed E-state index contributed by atoms with van der Waals surface area (Å²) in [6.07, 6.45) is 10.5. The first-order valence-electron chi connectivity index (χ1n) is 9.53. The fourth-order valence-corrected chi connectivity index (χ4v) is 6.01. The van der Waals surface area contributed by atoms with Gasteiger partial charge in [-0.3, -0.25) is 9.59 Å². The minimum Gasteiger partial charge on any atom is -0.457 e. The molecule has 4 saturated carbocycles. The van der Waals surface area contributed by atoms with Crippen LogP contribution in [-0.4, -0.2) is 24.0 Å². The lowest BCUT2D eigenvalue weighted by Crippen LogP contribution is -2.62. The van der Waals surface area contributed by atoms with E-state index in [9.17, 15) is 9.59 Å². The van der Waals surface area contributed by atoms with E-state index in [1.807, 2.05) is 0 Å². The van der Waals surface area contributed by atoms with Crippen LogP contribution in [-0.2, 0) is 14.3 Å². The van der Waals surface area contributed by atoms with Crippen molar-refractivity contribution in [1.29, 1.82) is 0 Å². The molecule has 4 heteroatoms. The predicted octanol–water partition coefficient (Wildman–Crippen LogP) is 3.61. The number of ether oxygens (including phenoxy) is 1. The fourth-order valence-electron chi connectivity index (χ4n) is 6.01. The molecular formula is C20H31NO3.